The third-order valence-electron chi connectivity index (χ3n) is 1.27. The lowest BCUT2D eigenvalue weighted by atomic mass is 10.4. The Labute approximate surface area is 66.0 Å². The summed E-state index contributed by atoms with van der Waals surface area (Å²) in [5, 5.41) is 22.4. The number of nitro groups is 1. The highest BCUT2D eigenvalue weighted by molar-refractivity contribution is 5.40. The minimum Gasteiger partial charge on any atom is -0.501 e. The molecule has 1 aromatic heterocycles. The fourth-order valence-electron chi connectivity index (χ4n) is 0.689. The molecule has 7 nitrogen and oxygen atoms in total. The Morgan fingerprint density at radius 1 is 1.75 bits per heavy atom. The van der Waals surface area contributed by atoms with Gasteiger partial charge in [0.2, 0.25) is 5.75 Å². The Morgan fingerprint density at radius 2 is 2.33 bits per heavy atom. The lowest BCUT2D eigenvalue weighted by Gasteiger charge is -1.96. The summed E-state index contributed by atoms with van der Waals surface area (Å²) in [5.74, 6) is -0.719. The van der Waals surface area contributed by atoms with Gasteiger partial charge in [0.25, 0.3) is 0 Å². The van der Waals surface area contributed by atoms with Crippen LogP contribution in [0.5, 0.6) is 5.75 Å². The third kappa shape index (κ3) is 1.11. The molecule has 0 radical (unpaired) electrons. The molecule has 7 heteroatoms. The average molecular weight is 171 g/mol. The lowest BCUT2D eigenvalue weighted by molar-refractivity contribution is -0.387. The van der Waals surface area contributed by atoms with Crippen molar-refractivity contribution in [2.45, 2.75) is 0 Å². The number of aryl methyl sites for hydroxylation is 1. The molecule has 0 saturated carbocycles. The molecule has 0 atom stereocenters. The second-order valence-electron chi connectivity index (χ2n) is 2.06. The molecule has 0 aliphatic rings. The van der Waals surface area contributed by atoms with Crippen LogP contribution in [0.15, 0.2) is 11.0 Å². The maximum absolute atomic E-state index is 10.9. The molecule has 1 aromatic rings. The number of aromatic nitrogens is 2. The second-order valence-corrected chi connectivity index (χ2v) is 2.06. The minimum atomic E-state index is -0.945. The summed E-state index contributed by atoms with van der Waals surface area (Å²) in [6, 6.07) is 0. The summed E-state index contributed by atoms with van der Waals surface area (Å²) in [5.41, 5.74) is -1.78. The van der Waals surface area contributed by atoms with Gasteiger partial charge in [-0.1, -0.05) is 0 Å². The van der Waals surface area contributed by atoms with E-state index < -0.39 is 21.9 Å². The molecule has 0 bridgehead atoms. The molecule has 0 saturated heterocycles. The minimum absolute atomic E-state index is 0.719. The van der Waals surface area contributed by atoms with E-state index in [1.165, 1.54) is 7.05 Å². The van der Waals surface area contributed by atoms with E-state index in [1.807, 2.05) is 0 Å². The number of rotatable bonds is 1. The summed E-state index contributed by atoms with van der Waals surface area (Å²) in [6.07, 6.45) is 0.847. The van der Waals surface area contributed by atoms with E-state index in [1.54, 1.807) is 0 Å². The predicted octanol–water partition coefficient (Wildman–Crippen LogP) is -0.606. The van der Waals surface area contributed by atoms with Crippen LogP contribution < -0.4 is 5.56 Å². The van der Waals surface area contributed by atoms with Crippen molar-refractivity contribution >= 4 is 5.69 Å². The third-order valence-corrected chi connectivity index (χ3v) is 1.27. The molecule has 0 unspecified atom stereocenters. The van der Waals surface area contributed by atoms with Gasteiger partial charge in [-0.2, -0.15) is 5.10 Å². The van der Waals surface area contributed by atoms with Crippen LogP contribution in [-0.4, -0.2) is 19.8 Å². The van der Waals surface area contributed by atoms with E-state index in [0.717, 1.165) is 10.9 Å². The maximum atomic E-state index is 10.9. The van der Waals surface area contributed by atoms with Gasteiger partial charge in [0.1, 0.15) is 0 Å². The molecule has 0 amide bonds. The van der Waals surface area contributed by atoms with Crippen LogP contribution in [0.3, 0.4) is 0 Å². The van der Waals surface area contributed by atoms with Crippen molar-refractivity contribution in [1.82, 2.24) is 9.78 Å². The van der Waals surface area contributed by atoms with Crippen molar-refractivity contribution in [1.29, 1.82) is 0 Å². The second kappa shape index (κ2) is 2.61. The smallest absolute Gasteiger partial charge is 0.378 e. The topological polar surface area (TPSA) is 98.3 Å². The average Bonchev–Trinajstić information content (AvgIpc) is 1.97. The molecular formula is C5H5N3O4. The van der Waals surface area contributed by atoms with Crippen molar-refractivity contribution in [3.63, 3.8) is 0 Å². The molecule has 64 valence electrons. The molecule has 1 N–H and O–H groups in total. The molecule has 0 aromatic carbocycles. The van der Waals surface area contributed by atoms with Crippen LogP contribution in [0.2, 0.25) is 0 Å². The monoisotopic (exact) mass is 171 g/mol. The van der Waals surface area contributed by atoms with Crippen LogP contribution in [0, 0.1) is 10.1 Å². The first kappa shape index (κ1) is 8.18. The normalized spacial score (nSPS) is 9.75. The Hall–Kier alpha value is -1.92. The zero-order valence-corrected chi connectivity index (χ0v) is 6.09. The molecule has 0 aliphatic carbocycles. The summed E-state index contributed by atoms with van der Waals surface area (Å²) >= 11 is 0. The first-order valence-corrected chi connectivity index (χ1v) is 2.93. The molecule has 1 heterocycles. The molecule has 12 heavy (non-hydrogen) atoms. The van der Waals surface area contributed by atoms with Crippen LogP contribution in [-0.2, 0) is 7.05 Å². The van der Waals surface area contributed by atoms with Gasteiger partial charge < -0.3 is 5.11 Å². The van der Waals surface area contributed by atoms with Crippen molar-refractivity contribution < 1.29 is 10.0 Å². The highest BCUT2D eigenvalue weighted by Crippen LogP contribution is 2.17. The molecule has 1 rings (SSSR count). The van der Waals surface area contributed by atoms with E-state index in [2.05, 4.69) is 5.10 Å². The van der Waals surface area contributed by atoms with E-state index in [-0.39, 0.29) is 0 Å². The largest absolute Gasteiger partial charge is 0.501 e. The number of hydrogen-bond acceptors (Lipinski definition) is 5. The fourth-order valence-corrected chi connectivity index (χ4v) is 0.689. The van der Waals surface area contributed by atoms with Crippen LogP contribution >= 0.6 is 0 Å². The van der Waals surface area contributed by atoms with Crippen LogP contribution in [0.25, 0.3) is 0 Å². The quantitative estimate of drug-likeness (QED) is 0.449. The molecule has 0 fully saturated rings. The van der Waals surface area contributed by atoms with Gasteiger partial charge in [0.05, 0.1) is 11.1 Å². The van der Waals surface area contributed by atoms with Crippen LogP contribution in [0.1, 0.15) is 0 Å². The van der Waals surface area contributed by atoms with E-state index in [4.69, 9.17) is 5.11 Å². The fraction of sp³-hybridized carbons (Fsp3) is 0.200. The highest BCUT2D eigenvalue weighted by atomic mass is 16.6. The molecular weight excluding hydrogens is 166 g/mol. The van der Waals surface area contributed by atoms with Gasteiger partial charge >= 0.3 is 11.2 Å². The zero-order valence-electron chi connectivity index (χ0n) is 6.09. The standard InChI is InChI=1S/C5H5N3O4/c1-7-5(10)4(8(11)12)3(9)2-6-7/h2,9H,1H3. The maximum Gasteiger partial charge on any atom is 0.378 e. The van der Waals surface area contributed by atoms with Crippen molar-refractivity contribution in [2.24, 2.45) is 7.05 Å². The lowest BCUT2D eigenvalue weighted by Crippen LogP contribution is -2.21. The number of hydrogen-bond donors (Lipinski definition) is 1. The first-order chi connectivity index (χ1) is 5.54. The highest BCUT2D eigenvalue weighted by Gasteiger charge is 2.20. The SMILES string of the molecule is Cn1ncc(O)c([N+](=O)[O-])c1=O. The van der Waals surface area contributed by atoms with Gasteiger partial charge in [0, 0.05) is 7.05 Å². The number of nitrogens with zero attached hydrogens (tertiary/aromatic N) is 3. The Bertz CT molecular complexity index is 383. The van der Waals surface area contributed by atoms with Gasteiger partial charge in [-0.15, -0.1) is 0 Å². The van der Waals surface area contributed by atoms with E-state index in [9.17, 15) is 14.9 Å². The van der Waals surface area contributed by atoms with E-state index >= 15 is 0 Å². The first-order valence-electron chi connectivity index (χ1n) is 2.93. The zero-order chi connectivity index (χ0) is 9.30. The van der Waals surface area contributed by atoms with Crippen LogP contribution in [0.4, 0.5) is 5.69 Å². The summed E-state index contributed by atoms with van der Waals surface area (Å²) in [7, 11) is 1.26. The van der Waals surface area contributed by atoms with Gasteiger partial charge in [-0.05, 0) is 0 Å². The Kier molecular flexibility index (Phi) is 1.78. The Morgan fingerprint density at radius 3 is 2.75 bits per heavy atom. The summed E-state index contributed by atoms with van der Waals surface area (Å²) < 4.78 is 0.776. The van der Waals surface area contributed by atoms with Crippen molar-refractivity contribution in [3.05, 3.63) is 26.7 Å². The summed E-state index contributed by atoms with van der Waals surface area (Å²) in [6.45, 7) is 0. The Balaban J connectivity index is 3.55. The van der Waals surface area contributed by atoms with Gasteiger partial charge in [0.15, 0.2) is 0 Å². The predicted molar refractivity (Wildman–Crippen MR) is 37.8 cm³/mol. The van der Waals surface area contributed by atoms with Crippen molar-refractivity contribution in [2.75, 3.05) is 0 Å². The van der Waals surface area contributed by atoms with E-state index in [0.29, 0.717) is 0 Å². The number of aromatic hydroxyl groups is 1. The molecule has 0 aliphatic heterocycles. The summed E-state index contributed by atoms with van der Waals surface area (Å²) in [4.78, 5) is 20.2. The van der Waals surface area contributed by atoms with Crippen molar-refractivity contribution in [3.8, 4) is 5.75 Å². The molecule has 0 spiro atoms. The van der Waals surface area contributed by atoms with Gasteiger partial charge in [-0.3, -0.25) is 14.9 Å². The van der Waals surface area contributed by atoms with Gasteiger partial charge in [-0.25, -0.2) is 4.68 Å².